The number of hydrogen-bond donors (Lipinski definition) is 1. The lowest BCUT2D eigenvalue weighted by Gasteiger charge is -2.44. The van der Waals surface area contributed by atoms with Crippen molar-refractivity contribution in [3.8, 4) is 0 Å². The Labute approximate surface area is 81.2 Å². The van der Waals surface area contributed by atoms with Gasteiger partial charge in [0.15, 0.2) is 0 Å². The molecule has 0 radical (unpaired) electrons. The molecule has 3 heteroatoms. The van der Waals surface area contributed by atoms with Crippen LogP contribution in [0.15, 0.2) is 0 Å². The van der Waals surface area contributed by atoms with Crippen molar-refractivity contribution in [1.82, 2.24) is 4.90 Å². The van der Waals surface area contributed by atoms with Crippen molar-refractivity contribution in [2.24, 2.45) is 5.73 Å². The molecular weight excluding hydrogens is 164 g/mol. The molecule has 13 heavy (non-hydrogen) atoms. The molecule has 2 N–H and O–H groups in total. The Hall–Kier alpha value is -0.120. The molecule has 0 bridgehead atoms. The Kier molecular flexibility index (Phi) is 3.71. The van der Waals surface area contributed by atoms with E-state index in [1.54, 1.807) is 0 Å². The normalized spacial score (nSPS) is 26.3. The van der Waals surface area contributed by atoms with Crippen LogP contribution in [0.25, 0.3) is 0 Å². The maximum atomic E-state index is 5.58. The number of nitrogens with zero attached hydrogens (tertiary/aromatic N) is 1. The lowest BCUT2D eigenvalue weighted by Crippen LogP contribution is -2.54. The van der Waals surface area contributed by atoms with Crippen molar-refractivity contribution in [3.63, 3.8) is 0 Å². The summed E-state index contributed by atoms with van der Waals surface area (Å²) in [6.07, 6.45) is 1.04. The second-order valence-corrected chi connectivity index (χ2v) is 4.67. The highest BCUT2D eigenvalue weighted by Gasteiger charge is 2.30. The summed E-state index contributed by atoms with van der Waals surface area (Å²) < 4.78 is 5.46. The van der Waals surface area contributed by atoms with Gasteiger partial charge in [0.1, 0.15) is 0 Å². The summed E-state index contributed by atoms with van der Waals surface area (Å²) in [4.78, 5) is 2.50. The molecule has 1 heterocycles. The van der Waals surface area contributed by atoms with E-state index < -0.39 is 0 Å². The fraction of sp³-hybridized carbons (Fsp3) is 1.00. The number of nitrogens with two attached hydrogens (primary N) is 1. The van der Waals surface area contributed by atoms with Gasteiger partial charge in [-0.1, -0.05) is 0 Å². The van der Waals surface area contributed by atoms with Crippen LogP contribution in [-0.2, 0) is 4.74 Å². The van der Waals surface area contributed by atoms with E-state index in [4.69, 9.17) is 10.5 Å². The first-order chi connectivity index (χ1) is 6.05. The average molecular weight is 186 g/mol. The number of hydrogen-bond acceptors (Lipinski definition) is 3. The summed E-state index contributed by atoms with van der Waals surface area (Å²) in [5.41, 5.74) is 5.82. The van der Waals surface area contributed by atoms with E-state index in [0.29, 0.717) is 6.04 Å². The van der Waals surface area contributed by atoms with Crippen molar-refractivity contribution >= 4 is 0 Å². The Morgan fingerprint density at radius 3 is 2.69 bits per heavy atom. The third kappa shape index (κ3) is 2.93. The van der Waals surface area contributed by atoms with E-state index in [0.717, 1.165) is 32.7 Å². The molecule has 1 rings (SSSR count). The SMILES string of the molecule is CC(C)(C)N1CCOCC1CCN. The topological polar surface area (TPSA) is 38.5 Å². The van der Waals surface area contributed by atoms with Crippen LogP contribution in [0.4, 0.5) is 0 Å². The predicted molar refractivity (Wildman–Crippen MR) is 54.7 cm³/mol. The fourth-order valence-corrected chi connectivity index (χ4v) is 1.97. The maximum Gasteiger partial charge on any atom is 0.0623 e. The van der Waals surface area contributed by atoms with Crippen LogP contribution in [0.3, 0.4) is 0 Å². The molecule has 1 unspecified atom stereocenters. The summed E-state index contributed by atoms with van der Waals surface area (Å²) >= 11 is 0. The van der Waals surface area contributed by atoms with Crippen LogP contribution in [0.5, 0.6) is 0 Å². The zero-order valence-electron chi connectivity index (χ0n) is 9.05. The molecule has 78 valence electrons. The minimum absolute atomic E-state index is 0.240. The van der Waals surface area contributed by atoms with Crippen LogP contribution in [-0.4, -0.2) is 42.8 Å². The lowest BCUT2D eigenvalue weighted by molar-refractivity contribution is -0.0507. The van der Waals surface area contributed by atoms with Crippen molar-refractivity contribution in [2.45, 2.75) is 38.8 Å². The van der Waals surface area contributed by atoms with Crippen molar-refractivity contribution in [3.05, 3.63) is 0 Å². The summed E-state index contributed by atoms with van der Waals surface area (Å²) in [5.74, 6) is 0. The third-order valence-corrected chi connectivity index (χ3v) is 2.59. The minimum Gasteiger partial charge on any atom is -0.378 e. The number of rotatable bonds is 2. The monoisotopic (exact) mass is 186 g/mol. The Morgan fingerprint density at radius 1 is 1.46 bits per heavy atom. The van der Waals surface area contributed by atoms with Gasteiger partial charge in [-0.25, -0.2) is 0 Å². The molecule has 1 fully saturated rings. The zero-order chi connectivity index (χ0) is 9.90. The highest BCUT2D eigenvalue weighted by Crippen LogP contribution is 2.21. The molecule has 1 saturated heterocycles. The van der Waals surface area contributed by atoms with Gasteiger partial charge in [-0.2, -0.15) is 0 Å². The van der Waals surface area contributed by atoms with Gasteiger partial charge in [0.25, 0.3) is 0 Å². The average Bonchev–Trinajstić information content (AvgIpc) is 2.04. The molecule has 1 aliphatic heterocycles. The Morgan fingerprint density at radius 2 is 2.15 bits per heavy atom. The van der Waals surface area contributed by atoms with Gasteiger partial charge in [0.2, 0.25) is 0 Å². The van der Waals surface area contributed by atoms with Crippen LogP contribution in [0.2, 0.25) is 0 Å². The summed E-state index contributed by atoms with van der Waals surface area (Å²) in [5, 5.41) is 0. The fourth-order valence-electron chi connectivity index (χ4n) is 1.97. The zero-order valence-corrected chi connectivity index (χ0v) is 9.05. The molecule has 0 aromatic carbocycles. The molecule has 0 aromatic rings. The van der Waals surface area contributed by atoms with Gasteiger partial charge in [-0.3, -0.25) is 4.90 Å². The standard InChI is InChI=1S/C10H22N2O/c1-10(2,3)12-6-7-13-8-9(12)4-5-11/h9H,4-8,11H2,1-3H3. The first kappa shape index (κ1) is 11.0. The van der Waals surface area contributed by atoms with E-state index in [1.165, 1.54) is 0 Å². The summed E-state index contributed by atoms with van der Waals surface area (Å²) in [6, 6.07) is 0.513. The predicted octanol–water partition coefficient (Wildman–Crippen LogP) is 0.835. The van der Waals surface area contributed by atoms with E-state index in [9.17, 15) is 0 Å². The quantitative estimate of drug-likeness (QED) is 0.694. The molecule has 1 atom stereocenters. The summed E-state index contributed by atoms with van der Waals surface area (Å²) in [7, 11) is 0. The van der Waals surface area contributed by atoms with Crippen molar-refractivity contribution in [1.29, 1.82) is 0 Å². The molecule has 0 aromatic heterocycles. The molecule has 0 amide bonds. The smallest absolute Gasteiger partial charge is 0.0623 e. The molecule has 0 aliphatic carbocycles. The van der Waals surface area contributed by atoms with Crippen LogP contribution < -0.4 is 5.73 Å². The molecule has 1 aliphatic rings. The van der Waals surface area contributed by atoms with Gasteiger partial charge < -0.3 is 10.5 Å². The van der Waals surface area contributed by atoms with Gasteiger partial charge in [0.05, 0.1) is 13.2 Å². The molecule has 0 saturated carbocycles. The summed E-state index contributed by atoms with van der Waals surface area (Å²) in [6.45, 7) is 10.2. The number of ether oxygens (including phenoxy) is 1. The van der Waals surface area contributed by atoms with Gasteiger partial charge >= 0.3 is 0 Å². The lowest BCUT2D eigenvalue weighted by atomic mass is 10.0. The molecule has 3 nitrogen and oxygen atoms in total. The van der Waals surface area contributed by atoms with Crippen molar-refractivity contribution < 1.29 is 4.74 Å². The van der Waals surface area contributed by atoms with E-state index in [2.05, 4.69) is 25.7 Å². The van der Waals surface area contributed by atoms with Gasteiger partial charge in [0, 0.05) is 18.1 Å². The van der Waals surface area contributed by atoms with Gasteiger partial charge in [-0.05, 0) is 33.7 Å². The van der Waals surface area contributed by atoms with Gasteiger partial charge in [-0.15, -0.1) is 0 Å². The second kappa shape index (κ2) is 4.40. The molecular formula is C10H22N2O. The van der Waals surface area contributed by atoms with E-state index in [-0.39, 0.29) is 5.54 Å². The first-order valence-corrected chi connectivity index (χ1v) is 5.10. The van der Waals surface area contributed by atoms with Crippen molar-refractivity contribution in [2.75, 3.05) is 26.3 Å². The Balaban J connectivity index is 2.56. The van der Waals surface area contributed by atoms with Crippen LogP contribution in [0.1, 0.15) is 27.2 Å². The highest BCUT2D eigenvalue weighted by atomic mass is 16.5. The minimum atomic E-state index is 0.240. The highest BCUT2D eigenvalue weighted by molar-refractivity contribution is 4.85. The number of morpholine rings is 1. The van der Waals surface area contributed by atoms with Crippen LogP contribution in [0, 0.1) is 0 Å². The van der Waals surface area contributed by atoms with E-state index >= 15 is 0 Å². The maximum absolute atomic E-state index is 5.58. The second-order valence-electron chi connectivity index (χ2n) is 4.67. The first-order valence-electron chi connectivity index (χ1n) is 5.10. The third-order valence-electron chi connectivity index (χ3n) is 2.59. The van der Waals surface area contributed by atoms with E-state index in [1.807, 2.05) is 0 Å². The van der Waals surface area contributed by atoms with Crippen LogP contribution >= 0.6 is 0 Å². The molecule has 0 spiro atoms. The Bertz CT molecular complexity index is 151. The largest absolute Gasteiger partial charge is 0.378 e.